The Morgan fingerprint density at radius 3 is 2.20 bits per heavy atom. The van der Waals surface area contributed by atoms with E-state index in [1.807, 2.05) is 24.3 Å². The minimum atomic E-state index is -1.13. The van der Waals surface area contributed by atoms with E-state index in [1.165, 1.54) is 11.3 Å². The van der Waals surface area contributed by atoms with Gasteiger partial charge in [-0.05, 0) is 61.6 Å². The fourth-order valence-electron chi connectivity index (χ4n) is 4.51. The minimum absolute atomic E-state index is 0.00201. The monoisotopic (exact) mass is 405 g/mol. The SMILES string of the molecule is O=C(c1ccc(N2CCCc3ccccc32)cc1)N1CCN(C(=O)C2(O)CC2)CC1. The summed E-state index contributed by atoms with van der Waals surface area (Å²) in [6.07, 6.45) is 3.34. The molecule has 30 heavy (non-hydrogen) atoms. The number of nitrogens with zero attached hydrogens (tertiary/aromatic N) is 3. The lowest BCUT2D eigenvalue weighted by Crippen LogP contribution is -2.53. The topological polar surface area (TPSA) is 64.1 Å². The molecule has 2 aliphatic heterocycles. The molecule has 156 valence electrons. The zero-order valence-electron chi connectivity index (χ0n) is 17.1. The summed E-state index contributed by atoms with van der Waals surface area (Å²) < 4.78 is 0. The standard InChI is InChI=1S/C24H27N3O3/c28-22(25-14-16-26(17-15-25)23(29)24(30)11-12-24)19-7-9-20(10-8-19)27-13-3-5-18-4-1-2-6-21(18)27/h1-2,4,6-10,30H,3,5,11-17H2. The van der Waals surface area contributed by atoms with Gasteiger partial charge in [-0.15, -0.1) is 0 Å². The first-order chi connectivity index (χ1) is 14.5. The number of amides is 2. The molecule has 0 radical (unpaired) electrons. The Hall–Kier alpha value is -2.86. The van der Waals surface area contributed by atoms with Crippen LogP contribution in [0.25, 0.3) is 0 Å². The molecule has 0 unspecified atom stereocenters. The fourth-order valence-corrected chi connectivity index (χ4v) is 4.51. The van der Waals surface area contributed by atoms with Crippen LogP contribution >= 0.6 is 0 Å². The molecule has 3 aliphatic rings. The van der Waals surface area contributed by atoms with Crippen molar-refractivity contribution in [2.24, 2.45) is 0 Å². The average Bonchev–Trinajstić information content (AvgIpc) is 3.56. The number of fused-ring (bicyclic) bond motifs is 1. The van der Waals surface area contributed by atoms with Gasteiger partial charge in [0, 0.05) is 49.7 Å². The third-order valence-corrected chi connectivity index (χ3v) is 6.51. The van der Waals surface area contributed by atoms with E-state index in [9.17, 15) is 14.7 Å². The Morgan fingerprint density at radius 2 is 1.50 bits per heavy atom. The van der Waals surface area contributed by atoms with Crippen molar-refractivity contribution in [3.05, 3.63) is 59.7 Å². The van der Waals surface area contributed by atoms with Crippen molar-refractivity contribution in [1.29, 1.82) is 0 Å². The predicted molar refractivity (Wildman–Crippen MR) is 115 cm³/mol. The van der Waals surface area contributed by atoms with Crippen LogP contribution in [0.1, 0.15) is 35.2 Å². The number of hydrogen-bond acceptors (Lipinski definition) is 4. The Morgan fingerprint density at radius 1 is 0.833 bits per heavy atom. The van der Waals surface area contributed by atoms with Crippen molar-refractivity contribution in [2.45, 2.75) is 31.3 Å². The van der Waals surface area contributed by atoms with Crippen LogP contribution in [0.5, 0.6) is 0 Å². The van der Waals surface area contributed by atoms with Gasteiger partial charge < -0.3 is 19.8 Å². The second kappa shape index (κ2) is 7.43. The van der Waals surface area contributed by atoms with Crippen LogP contribution in [0, 0.1) is 0 Å². The highest BCUT2D eigenvalue weighted by Gasteiger charge is 2.50. The molecular formula is C24H27N3O3. The van der Waals surface area contributed by atoms with E-state index in [0.717, 1.165) is 25.1 Å². The van der Waals surface area contributed by atoms with E-state index >= 15 is 0 Å². The van der Waals surface area contributed by atoms with Gasteiger partial charge in [0.05, 0.1) is 0 Å². The van der Waals surface area contributed by atoms with E-state index in [2.05, 4.69) is 29.2 Å². The molecule has 0 bridgehead atoms. The van der Waals surface area contributed by atoms with Crippen LogP contribution < -0.4 is 4.90 Å². The summed E-state index contributed by atoms with van der Waals surface area (Å²) in [5, 5.41) is 10.0. The quantitative estimate of drug-likeness (QED) is 0.853. The van der Waals surface area contributed by atoms with Gasteiger partial charge in [-0.25, -0.2) is 0 Å². The number of rotatable bonds is 3. The Bertz CT molecular complexity index is 960. The van der Waals surface area contributed by atoms with E-state index in [-0.39, 0.29) is 11.8 Å². The molecule has 2 fully saturated rings. The van der Waals surface area contributed by atoms with Crippen molar-refractivity contribution in [2.75, 3.05) is 37.6 Å². The Balaban J connectivity index is 1.24. The molecule has 1 saturated carbocycles. The lowest BCUT2D eigenvalue weighted by Gasteiger charge is -2.36. The van der Waals surface area contributed by atoms with Gasteiger partial charge in [-0.1, -0.05) is 18.2 Å². The lowest BCUT2D eigenvalue weighted by atomic mass is 10.0. The Labute approximate surface area is 176 Å². The molecule has 0 spiro atoms. The van der Waals surface area contributed by atoms with Crippen molar-refractivity contribution in [3.63, 3.8) is 0 Å². The van der Waals surface area contributed by atoms with Crippen molar-refractivity contribution >= 4 is 23.2 Å². The molecule has 2 amide bonds. The molecule has 2 aromatic carbocycles. The summed E-state index contributed by atoms with van der Waals surface area (Å²) >= 11 is 0. The predicted octanol–water partition coefficient (Wildman–Crippen LogP) is 2.58. The first-order valence-corrected chi connectivity index (χ1v) is 10.8. The maximum Gasteiger partial charge on any atom is 0.254 e. The van der Waals surface area contributed by atoms with Gasteiger partial charge >= 0.3 is 0 Å². The van der Waals surface area contributed by atoms with Gasteiger partial charge in [-0.3, -0.25) is 9.59 Å². The zero-order valence-corrected chi connectivity index (χ0v) is 17.1. The first kappa shape index (κ1) is 19.1. The van der Waals surface area contributed by atoms with Gasteiger partial charge in [0.15, 0.2) is 0 Å². The molecule has 2 aromatic rings. The summed E-state index contributed by atoms with van der Waals surface area (Å²) in [6.45, 7) is 2.95. The first-order valence-electron chi connectivity index (χ1n) is 10.8. The number of aliphatic hydroxyl groups is 1. The number of benzene rings is 2. The number of para-hydroxylation sites is 1. The average molecular weight is 405 g/mol. The van der Waals surface area contributed by atoms with Crippen molar-refractivity contribution in [1.82, 2.24) is 9.80 Å². The highest BCUT2D eigenvalue weighted by atomic mass is 16.3. The second-order valence-corrected chi connectivity index (χ2v) is 8.55. The van der Waals surface area contributed by atoms with Crippen LogP contribution in [0.3, 0.4) is 0 Å². The van der Waals surface area contributed by atoms with E-state index < -0.39 is 5.60 Å². The van der Waals surface area contributed by atoms with Gasteiger partial charge in [0.1, 0.15) is 5.60 Å². The highest BCUT2D eigenvalue weighted by molar-refractivity contribution is 5.95. The molecule has 0 atom stereocenters. The molecular weight excluding hydrogens is 378 g/mol. The van der Waals surface area contributed by atoms with Crippen molar-refractivity contribution < 1.29 is 14.7 Å². The smallest absolute Gasteiger partial charge is 0.254 e. The van der Waals surface area contributed by atoms with E-state index in [1.54, 1.807) is 9.80 Å². The number of hydrogen-bond donors (Lipinski definition) is 1. The van der Waals surface area contributed by atoms with Crippen LogP contribution in [0.2, 0.25) is 0 Å². The number of carbonyl (C=O) groups is 2. The number of piperazine rings is 1. The Kier molecular flexibility index (Phi) is 4.74. The third kappa shape index (κ3) is 3.45. The summed E-state index contributed by atoms with van der Waals surface area (Å²) in [5.41, 5.74) is 3.26. The number of carbonyl (C=O) groups excluding carboxylic acids is 2. The van der Waals surface area contributed by atoms with Crippen LogP contribution in [0.15, 0.2) is 48.5 Å². The normalized spacial score (nSPS) is 20.0. The number of anilines is 2. The number of aryl methyl sites for hydroxylation is 1. The summed E-state index contributed by atoms with van der Waals surface area (Å²) in [5.74, 6) is -0.182. The van der Waals surface area contributed by atoms with Gasteiger partial charge in [-0.2, -0.15) is 0 Å². The third-order valence-electron chi connectivity index (χ3n) is 6.51. The molecule has 6 nitrogen and oxygen atoms in total. The second-order valence-electron chi connectivity index (χ2n) is 8.55. The highest BCUT2D eigenvalue weighted by Crippen LogP contribution is 2.37. The zero-order chi connectivity index (χ0) is 20.7. The molecule has 2 heterocycles. The van der Waals surface area contributed by atoms with Crippen LogP contribution in [0.4, 0.5) is 11.4 Å². The minimum Gasteiger partial charge on any atom is -0.380 e. The largest absolute Gasteiger partial charge is 0.380 e. The van der Waals surface area contributed by atoms with Crippen molar-refractivity contribution in [3.8, 4) is 0 Å². The van der Waals surface area contributed by atoms with Gasteiger partial charge in [0.2, 0.25) is 0 Å². The van der Waals surface area contributed by atoms with Crippen LogP contribution in [-0.2, 0) is 11.2 Å². The summed E-state index contributed by atoms with van der Waals surface area (Å²) in [7, 11) is 0. The molecule has 1 N–H and O–H groups in total. The lowest BCUT2D eigenvalue weighted by molar-refractivity contribution is -0.143. The van der Waals surface area contributed by atoms with E-state index in [0.29, 0.717) is 44.6 Å². The molecule has 6 heteroatoms. The maximum atomic E-state index is 12.9. The van der Waals surface area contributed by atoms with E-state index in [4.69, 9.17) is 0 Å². The van der Waals surface area contributed by atoms with Gasteiger partial charge in [0.25, 0.3) is 11.8 Å². The van der Waals surface area contributed by atoms with Crippen LogP contribution in [-0.4, -0.2) is 65.0 Å². The summed E-state index contributed by atoms with van der Waals surface area (Å²) in [6, 6.07) is 16.4. The molecule has 1 saturated heterocycles. The summed E-state index contributed by atoms with van der Waals surface area (Å²) in [4.78, 5) is 31.0. The molecule has 5 rings (SSSR count). The maximum absolute atomic E-state index is 12.9. The molecule has 0 aromatic heterocycles. The fraction of sp³-hybridized carbons (Fsp3) is 0.417. The molecule has 1 aliphatic carbocycles.